The van der Waals surface area contributed by atoms with Crippen LogP contribution in [0, 0.1) is 0 Å². The normalized spacial score (nSPS) is 11.2. The molecule has 0 heterocycles. The van der Waals surface area contributed by atoms with Crippen molar-refractivity contribution in [1.29, 1.82) is 0 Å². The first-order valence-electron chi connectivity index (χ1n) is 10.1. The molecule has 0 amide bonds. The number of benzene rings is 4. The van der Waals surface area contributed by atoms with Gasteiger partial charge in [0.1, 0.15) is 5.75 Å². The van der Waals surface area contributed by atoms with Gasteiger partial charge in [-0.15, -0.1) is 0 Å². The number of ether oxygens (including phenoxy) is 2. The summed E-state index contributed by atoms with van der Waals surface area (Å²) in [5.41, 5.74) is 1.71. The van der Waals surface area contributed by atoms with E-state index >= 15 is 0 Å². The van der Waals surface area contributed by atoms with Gasteiger partial charge in [-0.25, -0.2) is 4.79 Å². The van der Waals surface area contributed by atoms with Gasteiger partial charge in [-0.2, -0.15) is 0 Å². The average molecular weight is 396 g/mol. The van der Waals surface area contributed by atoms with E-state index in [4.69, 9.17) is 9.47 Å². The number of rotatable bonds is 7. The molecule has 30 heavy (non-hydrogen) atoms. The van der Waals surface area contributed by atoms with Gasteiger partial charge in [0.25, 0.3) is 0 Å². The highest BCUT2D eigenvalue weighted by molar-refractivity contribution is 6.09. The highest BCUT2D eigenvalue weighted by atomic mass is 16.5. The molecular weight excluding hydrogens is 372 g/mol. The number of unbranched alkanes of at least 4 members (excludes halogenated alkanes) is 1. The largest absolute Gasteiger partial charge is 0.497 e. The minimum atomic E-state index is -0.274. The number of esters is 1. The van der Waals surface area contributed by atoms with Crippen molar-refractivity contribution in [2.45, 2.75) is 12.8 Å². The SMILES string of the molecule is COc1ccc(/C=C/CCCOC(=O)c2ccc3ccc4ccccc4c3c2)cc1. The Balaban J connectivity index is 1.33. The fourth-order valence-electron chi connectivity index (χ4n) is 3.51. The minimum absolute atomic E-state index is 0.274. The van der Waals surface area contributed by atoms with Crippen LogP contribution in [0.15, 0.2) is 84.9 Å². The van der Waals surface area contributed by atoms with Gasteiger partial charge in [-0.05, 0) is 64.2 Å². The van der Waals surface area contributed by atoms with Crippen LogP contribution in [0.25, 0.3) is 27.6 Å². The maximum absolute atomic E-state index is 12.5. The van der Waals surface area contributed by atoms with Crippen molar-refractivity contribution < 1.29 is 14.3 Å². The highest BCUT2D eigenvalue weighted by Gasteiger charge is 2.09. The summed E-state index contributed by atoms with van der Waals surface area (Å²) in [7, 11) is 1.66. The van der Waals surface area contributed by atoms with Crippen LogP contribution in [0.3, 0.4) is 0 Å². The van der Waals surface area contributed by atoms with E-state index in [-0.39, 0.29) is 5.97 Å². The first kappa shape index (κ1) is 19.7. The number of hydrogen-bond donors (Lipinski definition) is 0. The Bertz CT molecular complexity index is 1190. The zero-order valence-electron chi connectivity index (χ0n) is 17.0. The zero-order chi connectivity index (χ0) is 20.8. The van der Waals surface area contributed by atoms with Crippen molar-refractivity contribution in [3.8, 4) is 5.75 Å². The monoisotopic (exact) mass is 396 g/mol. The van der Waals surface area contributed by atoms with Gasteiger partial charge in [0.2, 0.25) is 0 Å². The number of fused-ring (bicyclic) bond motifs is 3. The molecule has 4 aromatic carbocycles. The highest BCUT2D eigenvalue weighted by Crippen LogP contribution is 2.26. The molecule has 0 bridgehead atoms. The molecule has 0 radical (unpaired) electrons. The molecule has 0 spiro atoms. The van der Waals surface area contributed by atoms with Crippen molar-refractivity contribution in [2.75, 3.05) is 13.7 Å². The van der Waals surface area contributed by atoms with Crippen molar-refractivity contribution in [3.63, 3.8) is 0 Å². The maximum atomic E-state index is 12.5. The van der Waals surface area contributed by atoms with E-state index in [0.29, 0.717) is 12.2 Å². The Morgan fingerprint density at radius 1 is 0.867 bits per heavy atom. The molecule has 0 N–H and O–H groups in total. The lowest BCUT2D eigenvalue weighted by Gasteiger charge is -2.07. The lowest BCUT2D eigenvalue weighted by atomic mass is 10.00. The number of carbonyl (C=O) groups excluding carboxylic acids is 1. The summed E-state index contributed by atoms with van der Waals surface area (Å²) < 4.78 is 10.6. The summed E-state index contributed by atoms with van der Waals surface area (Å²) in [4.78, 5) is 12.5. The molecule has 3 heteroatoms. The van der Waals surface area contributed by atoms with Gasteiger partial charge in [0.15, 0.2) is 0 Å². The summed E-state index contributed by atoms with van der Waals surface area (Å²) in [6, 6.07) is 26.1. The van der Waals surface area contributed by atoms with Gasteiger partial charge < -0.3 is 9.47 Å². The minimum Gasteiger partial charge on any atom is -0.497 e. The van der Waals surface area contributed by atoms with Gasteiger partial charge in [-0.1, -0.05) is 66.7 Å². The lowest BCUT2D eigenvalue weighted by Crippen LogP contribution is -2.06. The molecule has 0 aliphatic heterocycles. The molecule has 0 saturated carbocycles. The van der Waals surface area contributed by atoms with Gasteiger partial charge in [0, 0.05) is 0 Å². The van der Waals surface area contributed by atoms with Crippen molar-refractivity contribution in [2.24, 2.45) is 0 Å². The molecule has 0 unspecified atom stereocenters. The van der Waals surface area contributed by atoms with E-state index in [1.54, 1.807) is 7.11 Å². The third kappa shape index (κ3) is 4.52. The van der Waals surface area contributed by atoms with Crippen LogP contribution < -0.4 is 4.74 Å². The molecule has 0 aromatic heterocycles. The third-order valence-corrected chi connectivity index (χ3v) is 5.16. The summed E-state index contributed by atoms with van der Waals surface area (Å²) in [5.74, 6) is 0.574. The van der Waals surface area contributed by atoms with E-state index in [9.17, 15) is 4.79 Å². The van der Waals surface area contributed by atoms with E-state index in [1.165, 1.54) is 5.39 Å². The first-order chi connectivity index (χ1) is 14.7. The lowest BCUT2D eigenvalue weighted by molar-refractivity contribution is 0.0501. The first-order valence-corrected chi connectivity index (χ1v) is 10.1. The molecule has 0 atom stereocenters. The Labute approximate surface area is 176 Å². The summed E-state index contributed by atoms with van der Waals surface area (Å²) in [6.07, 6.45) is 5.80. The van der Waals surface area contributed by atoms with E-state index in [1.807, 2.05) is 54.6 Å². The van der Waals surface area contributed by atoms with Gasteiger partial charge >= 0.3 is 5.97 Å². The molecule has 4 aromatic rings. The van der Waals surface area contributed by atoms with Crippen LogP contribution in [-0.4, -0.2) is 19.7 Å². The molecule has 0 fully saturated rings. The second-order valence-corrected chi connectivity index (χ2v) is 7.18. The van der Waals surface area contributed by atoms with Gasteiger partial charge in [0.05, 0.1) is 19.3 Å². The topological polar surface area (TPSA) is 35.5 Å². The summed E-state index contributed by atoms with van der Waals surface area (Å²) in [6.45, 7) is 0.402. The second-order valence-electron chi connectivity index (χ2n) is 7.18. The molecule has 0 saturated heterocycles. The average Bonchev–Trinajstić information content (AvgIpc) is 2.81. The molecule has 0 aliphatic carbocycles. The number of allylic oxidation sites excluding steroid dienone is 1. The fraction of sp³-hybridized carbons (Fsp3) is 0.148. The van der Waals surface area contributed by atoms with E-state index in [2.05, 4.69) is 36.4 Å². The predicted octanol–water partition coefficient (Wildman–Crippen LogP) is 6.65. The van der Waals surface area contributed by atoms with Crippen molar-refractivity contribution >= 4 is 33.6 Å². The van der Waals surface area contributed by atoms with Crippen molar-refractivity contribution in [1.82, 2.24) is 0 Å². The van der Waals surface area contributed by atoms with Crippen LogP contribution in [0.5, 0.6) is 5.75 Å². The Hall–Kier alpha value is -3.59. The summed E-state index contributed by atoms with van der Waals surface area (Å²) >= 11 is 0. The quantitative estimate of drug-likeness (QED) is 0.199. The van der Waals surface area contributed by atoms with E-state index < -0.39 is 0 Å². The van der Waals surface area contributed by atoms with E-state index in [0.717, 1.165) is 40.3 Å². The Kier molecular flexibility index (Phi) is 6.09. The Morgan fingerprint density at radius 3 is 2.40 bits per heavy atom. The Morgan fingerprint density at radius 2 is 1.60 bits per heavy atom. The smallest absolute Gasteiger partial charge is 0.338 e. The van der Waals surface area contributed by atoms with Crippen LogP contribution >= 0.6 is 0 Å². The molecular formula is C27H24O3. The number of carbonyl (C=O) groups is 1. The van der Waals surface area contributed by atoms with Crippen LogP contribution in [-0.2, 0) is 4.74 Å². The molecule has 3 nitrogen and oxygen atoms in total. The zero-order valence-corrected chi connectivity index (χ0v) is 17.0. The van der Waals surface area contributed by atoms with Crippen LogP contribution in [0.2, 0.25) is 0 Å². The number of hydrogen-bond acceptors (Lipinski definition) is 3. The van der Waals surface area contributed by atoms with Crippen molar-refractivity contribution in [3.05, 3.63) is 96.1 Å². The number of methoxy groups -OCH3 is 1. The standard InChI is InChI=1S/C27H24O3/c1-29-24-16-10-20(11-17-24)7-3-2-6-18-30-27(28)23-15-14-22-13-12-21-8-4-5-9-25(21)26(22)19-23/h3-5,7-17,19H,2,6,18H2,1H3/b7-3+. The van der Waals surface area contributed by atoms with Crippen LogP contribution in [0.1, 0.15) is 28.8 Å². The predicted molar refractivity (Wildman–Crippen MR) is 123 cm³/mol. The summed E-state index contributed by atoms with van der Waals surface area (Å²) in [5, 5.41) is 4.51. The maximum Gasteiger partial charge on any atom is 0.338 e. The molecule has 4 rings (SSSR count). The third-order valence-electron chi connectivity index (χ3n) is 5.16. The molecule has 0 aliphatic rings. The van der Waals surface area contributed by atoms with Crippen LogP contribution in [0.4, 0.5) is 0 Å². The molecule has 150 valence electrons. The van der Waals surface area contributed by atoms with Gasteiger partial charge in [-0.3, -0.25) is 0 Å². The fourth-order valence-corrected chi connectivity index (χ4v) is 3.51. The second kappa shape index (κ2) is 9.27.